The lowest BCUT2D eigenvalue weighted by Crippen LogP contribution is -2.54. The predicted molar refractivity (Wildman–Crippen MR) is 276 cm³/mol. The zero-order valence-corrected chi connectivity index (χ0v) is 41.6. The number of rotatable bonds is 30. The molecule has 3 atom stereocenters. The van der Waals surface area contributed by atoms with Crippen LogP contribution in [0.5, 0.6) is 0 Å². The first-order chi connectivity index (χ1) is 34.0. The minimum absolute atomic E-state index is 0.00824. The maximum atomic E-state index is 14.6. The van der Waals surface area contributed by atoms with Crippen molar-refractivity contribution in [3.05, 3.63) is 142 Å². The molecule has 0 spiro atoms. The molecule has 1 aromatic heterocycles. The highest BCUT2D eigenvalue weighted by molar-refractivity contribution is 6.18. The van der Waals surface area contributed by atoms with Crippen molar-refractivity contribution in [2.45, 2.75) is 77.3 Å². The minimum Gasteiger partial charge on any atom is -0.462 e. The fourth-order valence-electron chi connectivity index (χ4n) is 8.15. The number of amides is 2. The van der Waals surface area contributed by atoms with Gasteiger partial charge in [-0.2, -0.15) is 0 Å². The molecule has 1 heterocycles. The summed E-state index contributed by atoms with van der Waals surface area (Å²) in [5.41, 5.74) is 9.28. The van der Waals surface area contributed by atoms with Gasteiger partial charge in [0.2, 0.25) is 5.91 Å². The zero-order chi connectivity index (χ0) is 50.3. The molecule has 374 valence electrons. The second kappa shape index (κ2) is 29.1. The predicted octanol–water partition coefficient (Wildman–Crippen LogP) is 7.42. The highest BCUT2D eigenvalue weighted by Crippen LogP contribution is 2.23. The maximum absolute atomic E-state index is 14.6. The first-order valence-corrected chi connectivity index (χ1v) is 25.1. The van der Waals surface area contributed by atoms with Crippen molar-refractivity contribution >= 4 is 75.1 Å². The van der Waals surface area contributed by atoms with E-state index in [4.69, 9.17) is 42.8 Å². The summed E-state index contributed by atoms with van der Waals surface area (Å²) in [5.74, 6) is -3.76. The Morgan fingerprint density at radius 3 is 1.91 bits per heavy atom. The average Bonchev–Trinajstić information content (AvgIpc) is 3.36. The Kier molecular flexibility index (Phi) is 22.7. The lowest BCUT2D eigenvalue weighted by Gasteiger charge is -2.26. The van der Waals surface area contributed by atoms with Gasteiger partial charge in [0.15, 0.2) is 5.78 Å². The Morgan fingerprint density at radius 1 is 0.686 bits per heavy atom. The maximum Gasteiger partial charge on any atom is 0.349 e. The van der Waals surface area contributed by atoms with E-state index in [0.29, 0.717) is 79.2 Å². The van der Waals surface area contributed by atoms with E-state index in [1.54, 1.807) is 60.7 Å². The van der Waals surface area contributed by atoms with Crippen molar-refractivity contribution in [3.8, 4) is 0 Å². The number of ketones is 1. The molecule has 4 aromatic carbocycles. The summed E-state index contributed by atoms with van der Waals surface area (Å²) in [5, 5.41) is 6.10. The van der Waals surface area contributed by atoms with Crippen LogP contribution >= 0.6 is 23.2 Å². The Balaban J connectivity index is 1.26. The van der Waals surface area contributed by atoms with Crippen molar-refractivity contribution < 1.29 is 37.9 Å². The second-order valence-corrected chi connectivity index (χ2v) is 17.6. The van der Waals surface area contributed by atoms with Gasteiger partial charge >= 0.3 is 17.6 Å². The van der Waals surface area contributed by atoms with Crippen LogP contribution in [-0.4, -0.2) is 99.3 Å². The third-order valence-electron chi connectivity index (χ3n) is 12.0. The van der Waals surface area contributed by atoms with Crippen LogP contribution in [0.1, 0.15) is 73.0 Å². The summed E-state index contributed by atoms with van der Waals surface area (Å²) in [6.07, 6.45) is 2.42. The van der Waals surface area contributed by atoms with Crippen LogP contribution in [0.3, 0.4) is 0 Å². The van der Waals surface area contributed by atoms with Gasteiger partial charge in [0.1, 0.15) is 36.3 Å². The average molecular weight is 999 g/mol. The number of aryl methyl sites for hydroxylation is 1. The number of hydrogen-bond donors (Lipinski definition) is 3. The molecular formula is C54H65Cl2N5O9. The summed E-state index contributed by atoms with van der Waals surface area (Å²) in [7, 11) is 0. The van der Waals surface area contributed by atoms with E-state index < -0.39 is 53.2 Å². The number of halogens is 2. The number of nitrogens with zero attached hydrogens (tertiary/aromatic N) is 2. The molecule has 0 aliphatic heterocycles. The van der Waals surface area contributed by atoms with Crippen LogP contribution in [-0.2, 0) is 47.9 Å². The number of unbranched alkanes of at least 4 members (excludes halogenated alkanes) is 1. The first-order valence-electron chi connectivity index (χ1n) is 24.0. The molecule has 0 bridgehead atoms. The molecule has 14 nitrogen and oxygen atoms in total. The normalized spacial score (nSPS) is 12.4. The van der Waals surface area contributed by atoms with Gasteiger partial charge in [-0.3, -0.25) is 24.0 Å². The number of Topliss-reactive ketones (excluding diaryl/α,β-unsaturated/α-hetero) is 1. The number of esters is 2. The first kappa shape index (κ1) is 54.7. The van der Waals surface area contributed by atoms with Gasteiger partial charge in [0.25, 0.3) is 5.91 Å². The monoisotopic (exact) mass is 997 g/mol. The highest BCUT2D eigenvalue weighted by atomic mass is 35.5. The van der Waals surface area contributed by atoms with Gasteiger partial charge in [-0.05, 0) is 99.5 Å². The van der Waals surface area contributed by atoms with Crippen LogP contribution in [0.25, 0.3) is 11.0 Å². The van der Waals surface area contributed by atoms with Crippen LogP contribution in [0.2, 0.25) is 0 Å². The van der Waals surface area contributed by atoms with E-state index in [1.165, 1.54) is 6.07 Å². The second-order valence-electron chi connectivity index (χ2n) is 16.8. The van der Waals surface area contributed by atoms with Gasteiger partial charge in [0.05, 0.1) is 6.04 Å². The molecule has 5 aromatic rings. The molecule has 0 fully saturated rings. The van der Waals surface area contributed by atoms with Crippen molar-refractivity contribution in [2.75, 3.05) is 67.5 Å². The van der Waals surface area contributed by atoms with E-state index >= 15 is 0 Å². The largest absolute Gasteiger partial charge is 0.462 e. The van der Waals surface area contributed by atoms with Crippen molar-refractivity contribution in [3.63, 3.8) is 0 Å². The zero-order valence-electron chi connectivity index (χ0n) is 40.0. The van der Waals surface area contributed by atoms with Crippen molar-refractivity contribution in [1.29, 1.82) is 0 Å². The number of fused-ring (bicyclic) bond motifs is 1. The van der Waals surface area contributed by atoms with E-state index in [1.807, 2.05) is 56.3 Å². The summed E-state index contributed by atoms with van der Waals surface area (Å²) in [6.45, 7) is 6.74. The van der Waals surface area contributed by atoms with Crippen LogP contribution in [0.4, 0.5) is 11.4 Å². The Morgan fingerprint density at radius 2 is 1.30 bits per heavy atom. The lowest BCUT2D eigenvalue weighted by molar-refractivity contribution is -0.158. The number of nitrogens with one attached hydrogen (secondary N) is 2. The molecule has 0 saturated heterocycles. The molecule has 2 amide bonds. The number of anilines is 2. The Labute approximate surface area is 420 Å². The third-order valence-corrected chi connectivity index (χ3v) is 12.3. The lowest BCUT2D eigenvalue weighted by atomic mass is 9.89. The molecule has 0 unspecified atom stereocenters. The van der Waals surface area contributed by atoms with E-state index in [0.717, 1.165) is 30.0 Å². The number of carbonyl (C=O) groups excluding carboxylic acids is 5. The van der Waals surface area contributed by atoms with E-state index in [9.17, 15) is 28.8 Å². The van der Waals surface area contributed by atoms with Gasteiger partial charge in [-0.25, -0.2) is 4.79 Å². The number of ether oxygens (including phenoxy) is 2. The van der Waals surface area contributed by atoms with Crippen LogP contribution < -0.4 is 31.8 Å². The number of hydrogen-bond acceptors (Lipinski definition) is 12. The summed E-state index contributed by atoms with van der Waals surface area (Å²) in [4.78, 5) is 87.0. The smallest absolute Gasteiger partial charge is 0.349 e. The Bertz CT molecular complexity index is 2500. The fourth-order valence-corrected chi connectivity index (χ4v) is 8.56. The molecule has 0 aliphatic carbocycles. The standard InChI is InChI=1S/C54H65Cl2N5O9/c1-3-60(4-2)43-26-23-41-36-45(54(67)70-48(41)37-43)51(64)59-47(35-40-16-9-6-10-17-40)52(65)58-46(34-39-14-7-5-8-15-39)50(63)44(19-11-12-29-57)53(66)69-33-32-68-49(62)20-13-18-38-21-24-42(25-22-38)61(30-27-55)31-28-56/h5-10,14-17,21-26,36-37,44,46-47H,3-4,11-13,18-20,27-35,57H2,1-2H3,(H,58,65)(H,59,64)/t44-,46-,47-/m1/s1. The topological polar surface area (TPSA) is 191 Å². The highest BCUT2D eigenvalue weighted by Gasteiger charge is 2.36. The molecule has 0 aliphatic rings. The number of nitrogens with two attached hydrogens (primary N) is 1. The SMILES string of the molecule is CCN(CC)c1ccc2cc(C(=O)N[C@H](Cc3ccccc3)C(=O)N[C@H](Cc3ccccc3)C(=O)[C@@H](CCCCN)C(=O)OCCOC(=O)CCCc3ccc(N(CCCl)CCCl)cc3)c(=O)oc2c1. The summed E-state index contributed by atoms with van der Waals surface area (Å²) >= 11 is 11.9. The van der Waals surface area contributed by atoms with Gasteiger partial charge < -0.3 is 40.1 Å². The molecule has 0 radical (unpaired) electrons. The van der Waals surface area contributed by atoms with Crippen molar-refractivity contribution in [1.82, 2.24) is 10.6 Å². The summed E-state index contributed by atoms with van der Waals surface area (Å²) < 4.78 is 16.6. The number of alkyl halides is 2. The fraction of sp³-hybridized carbons (Fsp3) is 0.407. The molecule has 5 rings (SSSR count). The number of carbonyl (C=O) groups is 5. The van der Waals surface area contributed by atoms with Crippen molar-refractivity contribution in [2.24, 2.45) is 11.7 Å². The molecular weight excluding hydrogens is 934 g/mol. The Hall–Kier alpha value is -6.22. The van der Waals surface area contributed by atoms with Crippen LogP contribution in [0.15, 0.2) is 118 Å². The van der Waals surface area contributed by atoms with E-state index in [2.05, 4.69) is 20.4 Å². The van der Waals surface area contributed by atoms with E-state index in [-0.39, 0.29) is 44.5 Å². The molecule has 16 heteroatoms. The summed E-state index contributed by atoms with van der Waals surface area (Å²) in [6, 6.07) is 30.4. The third kappa shape index (κ3) is 16.7. The molecule has 4 N–H and O–H groups in total. The van der Waals surface area contributed by atoms with Gasteiger partial charge in [0, 0.05) is 73.6 Å². The quantitative estimate of drug-likeness (QED) is 0.0136. The van der Waals surface area contributed by atoms with Crippen LogP contribution in [0, 0.1) is 5.92 Å². The van der Waals surface area contributed by atoms with Gasteiger partial charge in [-0.15, -0.1) is 23.2 Å². The minimum atomic E-state index is -1.30. The number of benzene rings is 4. The molecule has 70 heavy (non-hydrogen) atoms. The van der Waals surface area contributed by atoms with Gasteiger partial charge in [-0.1, -0.05) is 79.2 Å². The molecule has 0 saturated carbocycles.